The summed E-state index contributed by atoms with van der Waals surface area (Å²) in [5.74, 6) is -0.151. The first-order chi connectivity index (χ1) is 9.53. The number of aliphatic carboxylic acids is 1. The third kappa shape index (κ3) is 2.28. The number of carbonyl (C=O) groups is 1. The van der Waals surface area contributed by atoms with Crippen molar-refractivity contribution in [3.8, 4) is 5.75 Å². The molecule has 2 fully saturated rings. The Bertz CT molecular complexity index is 543. The van der Waals surface area contributed by atoms with Crippen molar-refractivity contribution in [1.82, 2.24) is 0 Å². The van der Waals surface area contributed by atoms with Crippen LogP contribution < -0.4 is 4.74 Å². The molecule has 0 bridgehead atoms. The van der Waals surface area contributed by atoms with E-state index in [1.165, 1.54) is 0 Å². The topological polar surface area (TPSA) is 46.5 Å². The minimum absolute atomic E-state index is 0.209. The Hall–Kier alpha value is -1.22. The largest absolute Gasteiger partial charge is 0.489 e. The van der Waals surface area contributed by atoms with Crippen LogP contribution >= 0.6 is 11.6 Å². The Kier molecular flexibility index (Phi) is 3.41. The summed E-state index contributed by atoms with van der Waals surface area (Å²) in [6, 6.07) is 3.80. The van der Waals surface area contributed by atoms with Crippen LogP contribution in [-0.2, 0) is 10.2 Å². The second kappa shape index (κ2) is 4.96. The molecule has 4 heteroatoms. The van der Waals surface area contributed by atoms with Crippen LogP contribution in [0.2, 0.25) is 5.02 Å². The second-order valence-electron chi connectivity index (χ2n) is 6.04. The maximum atomic E-state index is 11.9. The van der Waals surface area contributed by atoms with E-state index >= 15 is 0 Å². The third-order valence-electron chi connectivity index (χ3n) is 4.38. The van der Waals surface area contributed by atoms with Crippen molar-refractivity contribution >= 4 is 17.6 Å². The summed E-state index contributed by atoms with van der Waals surface area (Å²) in [6.45, 7) is 1.95. The fraction of sp³-hybridized carbons (Fsp3) is 0.562. The Morgan fingerprint density at radius 1 is 1.35 bits per heavy atom. The number of ether oxygens (including phenoxy) is 1. The number of hydrogen-bond donors (Lipinski definition) is 1. The number of hydrogen-bond acceptors (Lipinski definition) is 2. The summed E-state index contributed by atoms with van der Waals surface area (Å²) in [6.07, 6.45) is 5.50. The molecule has 0 unspecified atom stereocenters. The maximum absolute atomic E-state index is 11.9. The molecule has 0 aliphatic heterocycles. The van der Waals surface area contributed by atoms with Gasteiger partial charge in [0, 0.05) is 5.56 Å². The molecule has 0 radical (unpaired) electrons. The molecule has 20 heavy (non-hydrogen) atoms. The molecule has 1 aromatic carbocycles. The number of rotatable bonds is 4. The Morgan fingerprint density at radius 3 is 2.55 bits per heavy atom. The van der Waals surface area contributed by atoms with Crippen molar-refractivity contribution in [3.05, 3.63) is 28.3 Å². The predicted molar refractivity (Wildman–Crippen MR) is 77.6 cm³/mol. The number of halogens is 1. The smallest absolute Gasteiger partial charge is 0.314 e. The third-order valence-corrected chi connectivity index (χ3v) is 4.66. The highest BCUT2D eigenvalue weighted by Crippen LogP contribution is 2.48. The second-order valence-corrected chi connectivity index (χ2v) is 6.44. The van der Waals surface area contributed by atoms with E-state index in [4.69, 9.17) is 16.3 Å². The Labute approximate surface area is 123 Å². The lowest BCUT2D eigenvalue weighted by atomic mass is 9.78. The van der Waals surface area contributed by atoms with Crippen molar-refractivity contribution < 1.29 is 14.6 Å². The van der Waals surface area contributed by atoms with Crippen molar-refractivity contribution in [2.45, 2.75) is 57.0 Å². The van der Waals surface area contributed by atoms with E-state index in [1.807, 2.05) is 19.1 Å². The summed E-state index contributed by atoms with van der Waals surface area (Å²) in [7, 11) is 0. The minimum atomic E-state index is -0.820. The van der Waals surface area contributed by atoms with Gasteiger partial charge in [-0.25, -0.2) is 0 Å². The van der Waals surface area contributed by atoms with Gasteiger partial charge in [0.1, 0.15) is 5.75 Å². The quantitative estimate of drug-likeness (QED) is 0.910. The van der Waals surface area contributed by atoms with Crippen LogP contribution in [0.4, 0.5) is 0 Å². The standard InChI is InChI=1S/C16H19ClO3/c1-10-8-12(16(15(18)19)6-2-3-7-16)14(13(17)9-10)20-11-4-5-11/h8-9,11H,2-7H2,1H3,(H,18,19). The molecule has 0 saturated heterocycles. The fourth-order valence-electron chi connectivity index (χ4n) is 3.13. The van der Waals surface area contributed by atoms with E-state index in [2.05, 4.69) is 0 Å². The summed E-state index contributed by atoms with van der Waals surface area (Å²) in [4.78, 5) is 11.9. The van der Waals surface area contributed by atoms with Crippen LogP contribution in [0.3, 0.4) is 0 Å². The van der Waals surface area contributed by atoms with E-state index < -0.39 is 11.4 Å². The molecular weight excluding hydrogens is 276 g/mol. The molecule has 0 aromatic heterocycles. The fourth-order valence-corrected chi connectivity index (χ4v) is 3.45. The van der Waals surface area contributed by atoms with E-state index in [0.29, 0.717) is 23.6 Å². The summed E-state index contributed by atoms with van der Waals surface area (Å²) < 4.78 is 5.93. The van der Waals surface area contributed by atoms with Crippen molar-refractivity contribution in [1.29, 1.82) is 0 Å². The van der Waals surface area contributed by atoms with Gasteiger partial charge in [0.05, 0.1) is 16.5 Å². The first-order valence-electron chi connectivity index (χ1n) is 7.23. The monoisotopic (exact) mass is 294 g/mol. The zero-order valence-corrected chi connectivity index (χ0v) is 12.4. The van der Waals surface area contributed by atoms with Gasteiger partial charge >= 0.3 is 5.97 Å². The first-order valence-corrected chi connectivity index (χ1v) is 7.61. The van der Waals surface area contributed by atoms with E-state index in [1.54, 1.807) is 0 Å². The van der Waals surface area contributed by atoms with E-state index in [0.717, 1.165) is 36.8 Å². The molecule has 0 amide bonds. The molecule has 3 rings (SSSR count). The molecule has 108 valence electrons. The van der Waals surface area contributed by atoms with Gasteiger partial charge in [0.2, 0.25) is 0 Å². The Morgan fingerprint density at radius 2 is 2.00 bits per heavy atom. The average molecular weight is 295 g/mol. The highest BCUT2D eigenvalue weighted by atomic mass is 35.5. The number of aryl methyl sites for hydroxylation is 1. The molecule has 0 spiro atoms. The lowest BCUT2D eigenvalue weighted by Gasteiger charge is -2.28. The van der Waals surface area contributed by atoms with E-state index in [9.17, 15) is 9.90 Å². The molecule has 1 N–H and O–H groups in total. The van der Waals surface area contributed by atoms with Crippen molar-refractivity contribution in [2.75, 3.05) is 0 Å². The lowest BCUT2D eigenvalue weighted by Crippen LogP contribution is -2.33. The number of carboxylic acid groups (broad SMARTS) is 1. The van der Waals surface area contributed by atoms with Gasteiger partial charge in [-0.15, -0.1) is 0 Å². The van der Waals surface area contributed by atoms with Gasteiger partial charge in [-0.2, -0.15) is 0 Å². The zero-order valence-electron chi connectivity index (χ0n) is 11.6. The highest BCUT2D eigenvalue weighted by molar-refractivity contribution is 6.32. The number of carboxylic acids is 1. The van der Waals surface area contributed by atoms with Crippen LogP contribution in [0, 0.1) is 6.92 Å². The van der Waals surface area contributed by atoms with Crippen LogP contribution in [0.1, 0.15) is 49.7 Å². The SMILES string of the molecule is Cc1cc(Cl)c(OC2CC2)c(C2(C(=O)O)CCCC2)c1. The van der Waals surface area contributed by atoms with Crippen LogP contribution in [-0.4, -0.2) is 17.2 Å². The number of benzene rings is 1. The zero-order chi connectivity index (χ0) is 14.3. The maximum Gasteiger partial charge on any atom is 0.314 e. The molecule has 3 nitrogen and oxygen atoms in total. The van der Waals surface area contributed by atoms with Gasteiger partial charge < -0.3 is 9.84 Å². The van der Waals surface area contributed by atoms with Gasteiger partial charge in [0.15, 0.2) is 0 Å². The molecule has 2 aliphatic rings. The predicted octanol–water partition coefficient (Wildman–Crippen LogP) is 4.09. The van der Waals surface area contributed by atoms with Crippen LogP contribution in [0.15, 0.2) is 12.1 Å². The molecule has 2 saturated carbocycles. The van der Waals surface area contributed by atoms with Crippen molar-refractivity contribution in [3.63, 3.8) is 0 Å². The first kappa shape index (κ1) is 13.7. The summed E-state index contributed by atoms with van der Waals surface area (Å²) in [5, 5.41) is 10.3. The highest BCUT2D eigenvalue weighted by Gasteiger charge is 2.46. The molecule has 0 atom stereocenters. The Balaban J connectivity index is 2.12. The summed E-state index contributed by atoms with van der Waals surface area (Å²) >= 11 is 6.33. The normalized spacial score (nSPS) is 20.9. The summed E-state index contributed by atoms with van der Waals surface area (Å²) in [5.41, 5.74) is 0.944. The van der Waals surface area contributed by atoms with Crippen LogP contribution in [0.5, 0.6) is 5.75 Å². The minimum Gasteiger partial charge on any atom is -0.489 e. The van der Waals surface area contributed by atoms with Gasteiger partial charge in [-0.05, 0) is 44.2 Å². The van der Waals surface area contributed by atoms with Crippen LogP contribution in [0.25, 0.3) is 0 Å². The van der Waals surface area contributed by atoms with Gasteiger partial charge in [0.25, 0.3) is 0 Å². The molecule has 1 aromatic rings. The van der Waals surface area contributed by atoms with Gasteiger partial charge in [-0.3, -0.25) is 4.79 Å². The van der Waals surface area contributed by atoms with Crippen molar-refractivity contribution in [2.24, 2.45) is 0 Å². The van der Waals surface area contributed by atoms with E-state index in [-0.39, 0.29) is 6.10 Å². The molecule has 0 heterocycles. The molecule has 2 aliphatic carbocycles. The van der Waals surface area contributed by atoms with Gasteiger partial charge in [-0.1, -0.05) is 30.5 Å². The lowest BCUT2D eigenvalue weighted by molar-refractivity contribution is -0.143. The average Bonchev–Trinajstić information content (AvgIpc) is 3.05. The molecular formula is C16H19ClO3.